The van der Waals surface area contributed by atoms with Crippen LogP contribution in [0.5, 0.6) is 0 Å². The number of halogens is 2. The van der Waals surface area contributed by atoms with E-state index in [0.717, 1.165) is 8.26 Å². The van der Waals surface area contributed by atoms with Gasteiger partial charge >= 0.3 is 0 Å². The van der Waals surface area contributed by atoms with E-state index in [4.69, 9.17) is 5.73 Å². The minimum Gasteiger partial charge on any atom is -0.320 e. The zero-order valence-electron chi connectivity index (χ0n) is 8.71. The van der Waals surface area contributed by atoms with Gasteiger partial charge in [0, 0.05) is 9.35 Å². The van der Waals surface area contributed by atoms with E-state index in [1.807, 2.05) is 12.1 Å². The zero-order chi connectivity index (χ0) is 11.7. The summed E-state index contributed by atoms with van der Waals surface area (Å²) < 4.78 is 2.18. The molecule has 1 aromatic heterocycles. The van der Waals surface area contributed by atoms with Crippen LogP contribution >= 0.6 is 43.2 Å². The molecule has 2 aromatic rings. The van der Waals surface area contributed by atoms with Crippen LogP contribution < -0.4 is 5.73 Å². The third-order valence-corrected chi connectivity index (χ3v) is 4.68. The van der Waals surface area contributed by atoms with Gasteiger partial charge in [-0.1, -0.05) is 22.0 Å². The molecule has 1 unspecified atom stereocenters. The first-order valence-electron chi connectivity index (χ1n) is 4.85. The first kappa shape index (κ1) is 12.3. The summed E-state index contributed by atoms with van der Waals surface area (Å²) in [7, 11) is 0. The number of hydrogen-bond acceptors (Lipinski definition) is 2. The molecular weight excluding hydrogens is 350 g/mol. The molecule has 16 heavy (non-hydrogen) atoms. The minimum absolute atomic E-state index is 0.0474. The van der Waals surface area contributed by atoms with Crippen molar-refractivity contribution in [3.63, 3.8) is 0 Å². The molecule has 1 atom stereocenters. The smallest absolute Gasteiger partial charge is 0.0702 e. The van der Waals surface area contributed by atoms with Gasteiger partial charge in [-0.05, 0) is 58.2 Å². The molecule has 0 fully saturated rings. The molecule has 1 aromatic carbocycles. The van der Waals surface area contributed by atoms with E-state index in [1.165, 1.54) is 16.0 Å². The number of nitrogens with two attached hydrogens (primary N) is 1. The van der Waals surface area contributed by atoms with Crippen molar-refractivity contribution < 1.29 is 0 Å². The van der Waals surface area contributed by atoms with Gasteiger partial charge < -0.3 is 5.73 Å². The van der Waals surface area contributed by atoms with Gasteiger partial charge in [0.15, 0.2) is 0 Å². The fourth-order valence-corrected chi connectivity index (χ4v) is 3.42. The van der Waals surface area contributed by atoms with Gasteiger partial charge in [0.25, 0.3) is 0 Å². The Hall–Kier alpha value is -0.160. The van der Waals surface area contributed by atoms with Gasteiger partial charge in [0.2, 0.25) is 0 Å². The van der Waals surface area contributed by atoms with Crippen LogP contribution in [0.1, 0.15) is 22.0 Å². The van der Waals surface area contributed by atoms with Crippen molar-refractivity contribution in [2.45, 2.75) is 13.0 Å². The largest absolute Gasteiger partial charge is 0.320 e. The summed E-state index contributed by atoms with van der Waals surface area (Å²) in [6.07, 6.45) is 0. The molecule has 84 valence electrons. The quantitative estimate of drug-likeness (QED) is 0.830. The average Bonchev–Trinajstić information content (AvgIpc) is 2.67. The van der Waals surface area contributed by atoms with Crippen molar-refractivity contribution in [2.24, 2.45) is 5.73 Å². The van der Waals surface area contributed by atoms with Gasteiger partial charge in [-0.2, -0.15) is 0 Å². The molecule has 0 amide bonds. The van der Waals surface area contributed by atoms with Crippen LogP contribution in [-0.4, -0.2) is 0 Å². The molecule has 0 saturated carbocycles. The number of benzene rings is 1. The maximum absolute atomic E-state index is 6.27. The summed E-state index contributed by atoms with van der Waals surface area (Å²) in [6.45, 7) is 2.09. The molecule has 1 nitrogen and oxygen atoms in total. The highest BCUT2D eigenvalue weighted by Crippen LogP contribution is 2.32. The molecule has 0 bridgehead atoms. The topological polar surface area (TPSA) is 26.0 Å². The molecule has 1 heterocycles. The fourth-order valence-electron chi connectivity index (χ4n) is 1.60. The predicted molar refractivity (Wildman–Crippen MR) is 76.9 cm³/mol. The highest BCUT2D eigenvalue weighted by atomic mass is 79.9. The SMILES string of the molecule is Cc1ccc(Br)cc1C(N)c1ccc(Br)s1. The Kier molecular flexibility index (Phi) is 3.85. The predicted octanol–water partition coefficient (Wildman–Crippen LogP) is 4.63. The Bertz CT molecular complexity index is 507. The third kappa shape index (κ3) is 2.56. The van der Waals surface area contributed by atoms with Crippen molar-refractivity contribution in [1.29, 1.82) is 0 Å². The van der Waals surface area contributed by atoms with E-state index in [0.29, 0.717) is 0 Å². The van der Waals surface area contributed by atoms with E-state index in [9.17, 15) is 0 Å². The molecule has 2 N–H and O–H groups in total. The van der Waals surface area contributed by atoms with Crippen LogP contribution in [-0.2, 0) is 0 Å². The van der Waals surface area contributed by atoms with Crippen molar-refractivity contribution in [3.8, 4) is 0 Å². The normalized spacial score (nSPS) is 12.8. The van der Waals surface area contributed by atoms with Gasteiger partial charge in [-0.3, -0.25) is 0 Å². The van der Waals surface area contributed by atoms with Crippen LogP contribution in [0.2, 0.25) is 0 Å². The van der Waals surface area contributed by atoms with Crippen LogP contribution in [0.4, 0.5) is 0 Å². The summed E-state index contributed by atoms with van der Waals surface area (Å²) in [4.78, 5) is 1.17. The highest BCUT2D eigenvalue weighted by Gasteiger charge is 2.13. The molecule has 4 heteroatoms. The van der Waals surface area contributed by atoms with E-state index < -0.39 is 0 Å². The Morgan fingerprint density at radius 2 is 1.94 bits per heavy atom. The lowest BCUT2D eigenvalue weighted by molar-refractivity contribution is 0.881. The lowest BCUT2D eigenvalue weighted by atomic mass is 10.0. The van der Waals surface area contributed by atoms with Crippen molar-refractivity contribution in [2.75, 3.05) is 0 Å². The summed E-state index contributed by atoms with van der Waals surface area (Å²) in [6, 6.07) is 10.3. The van der Waals surface area contributed by atoms with Crippen LogP contribution in [0.25, 0.3) is 0 Å². The molecule has 0 radical (unpaired) electrons. The van der Waals surface area contributed by atoms with Crippen LogP contribution in [0, 0.1) is 6.92 Å². The molecular formula is C12H11Br2NS. The summed E-state index contributed by atoms with van der Waals surface area (Å²) >= 11 is 8.62. The lowest BCUT2D eigenvalue weighted by Gasteiger charge is -2.13. The van der Waals surface area contributed by atoms with E-state index in [-0.39, 0.29) is 6.04 Å². The number of rotatable bonds is 2. The molecule has 0 saturated heterocycles. The fraction of sp³-hybridized carbons (Fsp3) is 0.167. The molecule has 2 rings (SSSR count). The monoisotopic (exact) mass is 359 g/mol. The summed E-state index contributed by atoms with van der Waals surface area (Å²) in [5, 5.41) is 0. The Morgan fingerprint density at radius 1 is 1.19 bits per heavy atom. The standard InChI is InChI=1S/C12H11Br2NS/c1-7-2-3-8(13)6-9(7)12(15)10-4-5-11(14)16-10/h2-6,12H,15H2,1H3. The van der Waals surface area contributed by atoms with Crippen molar-refractivity contribution >= 4 is 43.2 Å². The van der Waals surface area contributed by atoms with Crippen LogP contribution in [0.15, 0.2) is 38.6 Å². The second-order valence-corrected chi connectivity index (χ2v) is 7.03. The van der Waals surface area contributed by atoms with Crippen molar-refractivity contribution in [3.05, 3.63) is 54.6 Å². The van der Waals surface area contributed by atoms with E-state index in [2.05, 4.69) is 57.0 Å². The lowest BCUT2D eigenvalue weighted by Crippen LogP contribution is -2.11. The van der Waals surface area contributed by atoms with Crippen LogP contribution in [0.3, 0.4) is 0 Å². The third-order valence-electron chi connectivity index (χ3n) is 2.48. The second kappa shape index (κ2) is 5.00. The second-order valence-electron chi connectivity index (χ2n) is 3.62. The zero-order valence-corrected chi connectivity index (χ0v) is 12.7. The molecule has 0 aliphatic rings. The summed E-state index contributed by atoms with van der Waals surface area (Å²) in [5.74, 6) is 0. The van der Waals surface area contributed by atoms with Gasteiger partial charge in [0.05, 0.1) is 9.83 Å². The maximum Gasteiger partial charge on any atom is 0.0702 e. The van der Waals surface area contributed by atoms with Crippen molar-refractivity contribution in [1.82, 2.24) is 0 Å². The average molecular weight is 361 g/mol. The Labute approximate surface area is 116 Å². The molecule has 0 aliphatic heterocycles. The van der Waals surface area contributed by atoms with Gasteiger partial charge in [-0.25, -0.2) is 0 Å². The molecule has 0 spiro atoms. The first-order chi connectivity index (χ1) is 7.58. The minimum atomic E-state index is -0.0474. The maximum atomic E-state index is 6.27. The summed E-state index contributed by atoms with van der Waals surface area (Å²) in [5.41, 5.74) is 8.66. The van der Waals surface area contributed by atoms with E-state index >= 15 is 0 Å². The Balaban J connectivity index is 2.40. The number of thiophene rings is 1. The number of aryl methyl sites for hydroxylation is 1. The van der Waals surface area contributed by atoms with E-state index in [1.54, 1.807) is 11.3 Å². The number of hydrogen-bond donors (Lipinski definition) is 1. The van der Waals surface area contributed by atoms with Gasteiger partial charge in [-0.15, -0.1) is 11.3 Å². The first-order valence-corrected chi connectivity index (χ1v) is 7.25. The van der Waals surface area contributed by atoms with Gasteiger partial charge in [0.1, 0.15) is 0 Å². The highest BCUT2D eigenvalue weighted by molar-refractivity contribution is 9.11. The Morgan fingerprint density at radius 3 is 2.56 bits per heavy atom. The molecule has 0 aliphatic carbocycles.